The molecule has 2 rings (SSSR count). The monoisotopic (exact) mass is 229 g/mol. The van der Waals surface area contributed by atoms with Gasteiger partial charge in [0, 0.05) is 0 Å². The SMILES string of the molecule is COC(=O)C1(C2CCCSC2)CCCN1. The molecule has 2 heterocycles. The summed E-state index contributed by atoms with van der Waals surface area (Å²) in [6, 6.07) is 0. The predicted molar refractivity (Wildman–Crippen MR) is 62.0 cm³/mol. The van der Waals surface area contributed by atoms with Gasteiger partial charge in [0.15, 0.2) is 0 Å². The van der Waals surface area contributed by atoms with Gasteiger partial charge in [-0.3, -0.25) is 4.79 Å². The van der Waals surface area contributed by atoms with Crippen LogP contribution in [0.25, 0.3) is 0 Å². The second-order valence-corrected chi connectivity index (χ2v) is 5.56. The average Bonchev–Trinajstić information content (AvgIpc) is 2.79. The number of nitrogens with one attached hydrogen (secondary N) is 1. The zero-order valence-corrected chi connectivity index (χ0v) is 10.1. The van der Waals surface area contributed by atoms with Crippen molar-refractivity contribution in [2.45, 2.75) is 31.2 Å². The van der Waals surface area contributed by atoms with Crippen molar-refractivity contribution in [2.24, 2.45) is 5.92 Å². The number of methoxy groups -OCH3 is 1. The molecule has 2 fully saturated rings. The van der Waals surface area contributed by atoms with Gasteiger partial charge in [-0.2, -0.15) is 11.8 Å². The average molecular weight is 229 g/mol. The molecular formula is C11H19NO2S. The molecule has 0 aromatic carbocycles. The van der Waals surface area contributed by atoms with Crippen LogP contribution in [0.1, 0.15) is 25.7 Å². The first-order chi connectivity index (χ1) is 7.29. The van der Waals surface area contributed by atoms with Crippen LogP contribution in [0.4, 0.5) is 0 Å². The summed E-state index contributed by atoms with van der Waals surface area (Å²) in [6.45, 7) is 0.955. The summed E-state index contributed by atoms with van der Waals surface area (Å²) >= 11 is 1.97. The fraction of sp³-hybridized carbons (Fsp3) is 0.909. The van der Waals surface area contributed by atoms with Crippen LogP contribution < -0.4 is 5.32 Å². The van der Waals surface area contributed by atoms with E-state index in [1.54, 1.807) is 0 Å². The number of rotatable bonds is 2. The van der Waals surface area contributed by atoms with Gasteiger partial charge in [-0.25, -0.2) is 0 Å². The standard InChI is InChI=1S/C11H19NO2S/c1-14-10(13)11(5-3-6-12-11)9-4-2-7-15-8-9/h9,12H,2-8H2,1H3. The molecule has 0 spiro atoms. The molecule has 1 N–H and O–H groups in total. The fourth-order valence-corrected chi connectivity index (χ4v) is 4.04. The summed E-state index contributed by atoms with van der Waals surface area (Å²) in [7, 11) is 1.50. The van der Waals surface area contributed by atoms with Crippen LogP contribution in [0.3, 0.4) is 0 Å². The van der Waals surface area contributed by atoms with E-state index in [1.807, 2.05) is 11.8 Å². The molecule has 2 aliphatic heterocycles. The summed E-state index contributed by atoms with van der Waals surface area (Å²) in [5.41, 5.74) is -0.359. The van der Waals surface area contributed by atoms with Crippen LogP contribution in [0.2, 0.25) is 0 Å². The molecule has 0 aromatic heterocycles. The molecular weight excluding hydrogens is 210 g/mol. The van der Waals surface area contributed by atoms with Crippen molar-refractivity contribution < 1.29 is 9.53 Å². The highest BCUT2D eigenvalue weighted by atomic mass is 32.2. The van der Waals surface area contributed by atoms with Crippen molar-refractivity contribution in [3.05, 3.63) is 0 Å². The maximum absolute atomic E-state index is 11.9. The van der Waals surface area contributed by atoms with Crippen LogP contribution in [0, 0.1) is 5.92 Å². The van der Waals surface area contributed by atoms with Crippen molar-refractivity contribution >= 4 is 17.7 Å². The Morgan fingerprint density at radius 1 is 1.53 bits per heavy atom. The van der Waals surface area contributed by atoms with E-state index in [0.29, 0.717) is 5.92 Å². The number of carbonyl (C=O) groups excluding carboxylic acids is 1. The lowest BCUT2D eigenvalue weighted by Crippen LogP contribution is -2.55. The minimum Gasteiger partial charge on any atom is -0.468 e. The van der Waals surface area contributed by atoms with Gasteiger partial charge in [-0.05, 0) is 49.7 Å². The molecule has 2 atom stereocenters. The third-order valence-electron chi connectivity index (χ3n) is 3.60. The number of esters is 1. The first kappa shape index (κ1) is 11.3. The Balaban J connectivity index is 2.13. The predicted octanol–water partition coefficient (Wildman–Crippen LogP) is 1.42. The van der Waals surface area contributed by atoms with E-state index in [4.69, 9.17) is 4.74 Å². The van der Waals surface area contributed by atoms with Crippen LogP contribution >= 0.6 is 11.8 Å². The molecule has 4 heteroatoms. The number of carbonyl (C=O) groups is 1. The van der Waals surface area contributed by atoms with Crippen molar-refractivity contribution in [3.8, 4) is 0 Å². The molecule has 0 aliphatic carbocycles. The summed E-state index contributed by atoms with van der Waals surface area (Å²) in [6.07, 6.45) is 4.44. The zero-order chi connectivity index (χ0) is 10.7. The van der Waals surface area contributed by atoms with E-state index >= 15 is 0 Å². The molecule has 0 amide bonds. The molecule has 2 unspecified atom stereocenters. The molecule has 2 saturated heterocycles. The van der Waals surface area contributed by atoms with Gasteiger partial charge in [0.1, 0.15) is 5.54 Å². The van der Waals surface area contributed by atoms with Gasteiger partial charge in [0.25, 0.3) is 0 Å². The highest BCUT2D eigenvalue weighted by molar-refractivity contribution is 7.99. The molecule has 0 bridgehead atoms. The van der Waals surface area contributed by atoms with Crippen LogP contribution in [0.15, 0.2) is 0 Å². The van der Waals surface area contributed by atoms with Crippen molar-refractivity contribution in [1.82, 2.24) is 5.32 Å². The van der Waals surface area contributed by atoms with Crippen molar-refractivity contribution in [2.75, 3.05) is 25.2 Å². The molecule has 15 heavy (non-hydrogen) atoms. The molecule has 0 radical (unpaired) electrons. The van der Waals surface area contributed by atoms with Gasteiger partial charge < -0.3 is 10.1 Å². The number of hydrogen-bond acceptors (Lipinski definition) is 4. The Morgan fingerprint density at radius 3 is 2.93 bits per heavy atom. The summed E-state index contributed by atoms with van der Waals surface area (Å²) in [5.74, 6) is 2.76. The smallest absolute Gasteiger partial charge is 0.326 e. The Kier molecular flexibility index (Phi) is 3.57. The van der Waals surface area contributed by atoms with Gasteiger partial charge in [0.2, 0.25) is 0 Å². The van der Waals surface area contributed by atoms with E-state index in [9.17, 15) is 4.79 Å². The third-order valence-corrected chi connectivity index (χ3v) is 4.81. The van der Waals surface area contributed by atoms with Gasteiger partial charge in [-0.15, -0.1) is 0 Å². The Bertz CT molecular complexity index is 233. The second kappa shape index (κ2) is 4.74. The lowest BCUT2D eigenvalue weighted by Gasteiger charge is -2.37. The maximum atomic E-state index is 11.9. The Morgan fingerprint density at radius 2 is 2.40 bits per heavy atom. The lowest BCUT2D eigenvalue weighted by molar-refractivity contribution is -0.150. The number of ether oxygens (including phenoxy) is 1. The first-order valence-corrected chi connectivity index (χ1v) is 6.86. The Hall–Kier alpha value is -0.220. The third kappa shape index (κ3) is 2.02. The topological polar surface area (TPSA) is 38.3 Å². The number of thioether (sulfide) groups is 1. The quantitative estimate of drug-likeness (QED) is 0.727. The maximum Gasteiger partial charge on any atom is 0.326 e. The summed E-state index contributed by atoms with van der Waals surface area (Å²) in [4.78, 5) is 11.9. The molecule has 2 aliphatic rings. The van der Waals surface area contributed by atoms with Crippen molar-refractivity contribution in [1.29, 1.82) is 0 Å². The molecule has 0 aromatic rings. The Labute approximate surface area is 95.3 Å². The van der Waals surface area contributed by atoms with Gasteiger partial charge >= 0.3 is 5.97 Å². The fourth-order valence-electron chi connectivity index (χ4n) is 2.77. The van der Waals surface area contributed by atoms with Crippen LogP contribution in [-0.4, -0.2) is 36.7 Å². The minimum atomic E-state index is -0.359. The zero-order valence-electron chi connectivity index (χ0n) is 9.25. The van der Waals surface area contributed by atoms with E-state index in [0.717, 1.165) is 31.6 Å². The highest BCUT2D eigenvalue weighted by Crippen LogP contribution is 2.37. The molecule has 3 nitrogen and oxygen atoms in total. The van der Waals surface area contributed by atoms with Crippen molar-refractivity contribution in [3.63, 3.8) is 0 Å². The van der Waals surface area contributed by atoms with Crippen LogP contribution in [-0.2, 0) is 9.53 Å². The molecule has 0 saturated carbocycles. The summed E-state index contributed by atoms with van der Waals surface area (Å²) in [5, 5.41) is 3.40. The minimum absolute atomic E-state index is 0.0486. The lowest BCUT2D eigenvalue weighted by atomic mass is 9.80. The first-order valence-electron chi connectivity index (χ1n) is 5.71. The van der Waals surface area contributed by atoms with Gasteiger partial charge in [-0.1, -0.05) is 0 Å². The van der Waals surface area contributed by atoms with Crippen LogP contribution in [0.5, 0.6) is 0 Å². The second-order valence-electron chi connectivity index (χ2n) is 4.41. The van der Waals surface area contributed by atoms with E-state index in [-0.39, 0.29) is 11.5 Å². The normalized spacial score (nSPS) is 36.5. The van der Waals surface area contributed by atoms with E-state index in [1.165, 1.54) is 19.3 Å². The van der Waals surface area contributed by atoms with Gasteiger partial charge in [0.05, 0.1) is 7.11 Å². The van der Waals surface area contributed by atoms with E-state index in [2.05, 4.69) is 5.32 Å². The largest absolute Gasteiger partial charge is 0.468 e. The molecule has 86 valence electrons. The summed E-state index contributed by atoms with van der Waals surface area (Å²) < 4.78 is 4.98. The highest BCUT2D eigenvalue weighted by Gasteiger charge is 2.48. The van der Waals surface area contributed by atoms with E-state index < -0.39 is 0 Å². The number of hydrogen-bond donors (Lipinski definition) is 1.